The molecular weight excluding hydrogens is 322 g/mol. The standard InChI is InChI=1S/C17H13N5OS/c1-22-10-20-14-8-12(9-19-15(14)22)16(23)21-13-4-2-11(3-5-13)17-18-6-7-24-17/h2-10H,1H3,(H,21,23). The van der Waals surface area contributed by atoms with Crippen molar-refractivity contribution in [2.45, 2.75) is 0 Å². The van der Waals surface area contributed by atoms with Crippen LogP contribution in [0.4, 0.5) is 5.69 Å². The number of benzene rings is 1. The van der Waals surface area contributed by atoms with E-state index in [1.807, 2.05) is 41.3 Å². The van der Waals surface area contributed by atoms with E-state index in [0.29, 0.717) is 11.1 Å². The highest BCUT2D eigenvalue weighted by Gasteiger charge is 2.10. The molecule has 3 aromatic heterocycles. The van der Waals surface area contributed by atoms with Crippen molar-refractivity contribution in [1.29, 1.82) is 0 Å². The summed E-state index contributed by atoms with van der Waals surface area (Å²) in [6, 6.07) is 9.34. The van der Waals surface area contributed by atoms with Gasteiger partial charge in [0.15, 0.2) is 5.65 Å². The number of anilines is 1. The van der Waals surface area contributed by atoms with E-state index in [2.05, 4.69) is 20.3 Å². The second-order valence-electron chi connectivity index (χ2n) is 5.29. The fraction of sp³-hybridized carbons (Fsp3) is 0.0588. The van der Waals surface area contributed by atoms with Crippen LogP contribution in [0.15, 0.2) is 54.4 Å². The highest BCUT2D eigenvalue weighted by Crippen LogP contribution is 2.23. The number of aryl methyl sites for hydroxylation is 1. The lowest BCUT2D eigenvalue weighted by Crippen LogP contribution is -2.12. The minimum atomic E-state index is -0.211. The highest BCUT2D eigenvalue weighted by molar-refractivity contribution is 7.13. The molecule has 3 heterocycles. The van der Waals surface area contributed by atoms with Crippen LogP contribution in [0.3, 0.4) is 0 Å². The zero-order valence-corrected chi connectivity index (χ0v) is 13.6. The van der Waals surface area contributed by atoms with Gasteiger partial charge >= 0.3 is 0 Å². The number of rotatable bonds is 3. The minimum absolute atomic E-state index is 0.211. The lowest BCUT2D eigenvalue weighted by atomic mass is 10.2. The van der Waals surface area contributed by atoms with Crippen LogP contribution >= 0.6 is 11.3 Å². The largest absolute Gasteiger partial charge is 0.322 e. The first kappa shape index (κ1) is 14.5. The highest BCUT2D eigenvalue weighted by atomic mass is 32.1. The molecular formula is C17H13N5OS. The molecule has 0 aliphatic rings. The van der Waals surface area contributed by atoms with Gasteiger partial charge in [0.1, 0.15) is 10.5 Å². The SMILES string of the molecule is Cn1cnc2cc(C(=O)Nc3ccc(-c4nccs4)cc3)cnc21. The van der Waals surface area contributed by atoms with Gasteiger partial charge in [-0.15, -0.1) is 11.3 Å². The van der Waals surface area contributed by atoms with Crippen molar-refractivity contribution in [2.24, 2.45) is 7.05 Å². The lowest BCUT2D eigenvalue weighted by Gasteiger charge is -2.06. The normalized spacial score (nSPS) is 10.9. The molecule has 0 bridgehead atoms. The third-order valence-corrected chi connectivity index (χ3v) is 4.46. The molecule has 0 aliphatic heterocycles. The Bertz CT molecular complexity index is 1010. The summed E-state index contributed by atoms with van der Waals surface area (Å²) in [5.74, 6) is -0.211. The quantitative estimate of drug-likeness (QED) is 0.623. The molecule has 0 atom stereocenters. The van der Waals surface area contributed by atoms with Gasteiger partial charge < -0.3 is 9.88 Å². The predicted octanol–water partition coefficient (Wildman–Crippen LogP) is 3.34. The van der Waals surface area contributed by atoms with Gasteiger partial charge in [-0.2, -0.15) is 0 Å². The maximum atomic E-state index is 12.4. The fourth-order valence-corrected chi connectivity index (χ4v) is 3.05. The van der Waals surface area contributed by atoms with Crippen molar-refractivity contribution in [1.82, 2.24) is 19.5 Å². The number of aromatic nitrogens is 4. The number of nitrogens with zero attached hydrogens (tertiary/aromatic N) is 4. The number of thiazole rings is 1. The second kappa shape index (κ2) is 5.86. The third kappa shape index (κ3) is 2.65. The van der Waals surface area contributed by atoms with Crippen LogP contribution in [0.1, 0.15) is 10.4 Å². The number of fused-ring (bicyclic) bond motifs is 1. The predicted molar refractivity (Wildman–Crippen MR) is 94.0 cm³/mol. The van der Waals surface area contributed by atoms with Gasteiger partial charge in [0.2, 0.25) is 0 Å². The molecule has 0 radical (unpaired) electrons. The van der Waals surface area contributed by atoms with Gasteiger partial charge in [0.25, 0.3) is 5.91 Å². The third-order valence-electron chi connectivity index (χ3n) is 3.64. The maximum absolute atomic E-state index is 12.4. The number of hydrogen-bond acceptors (Lipinski definition) is 5. The van der Waals surface area contributed by atoms with Crippen LogP contribution < -0.4 is 5.32 Å². The maximum Gasteiger partial charge on any atom is 0.257 e. The first-order valence-electron chi connectivity index (χ1n) is 7.29. The number of imidazole rings is 1. The Balaban J connectivity index is 1.54. The van der Waals surface area contributed by atoms with Crippen molar-refractivity contribution >= 4 is 34.1 Å². The zero-order chi connectivity index (χ0) is 16.5. The van der Waals surface area contributed by atoms with Crippen LogP contribution in [-0.4, -0.2) is 25.4 Å². The minimum Gasteiger partial charge on any atom is -0.322 e. The summed E-state index contributed by atoms with van der Waals surface area (Å²) in [4.78, 5) is 25.2. The van der Waals surface area contributed by atoms with Gasteiger partial charge in [0.05, 0.1) is 11.9 Å². The Morgan fingerprint density at radius 3 is 2.75 bits per heavy atom. The molecule has 4 aromatic rings. The number of pyridine rings is 1. The van der Waals surface area contributed by atoms with Gasteiger partial charge in [-0.3, -0.25) is 4.79 Å². The van der Waals surface area contributed by atoms with E-state index in [0.717, 1.165) is 21.9 Å². The molecule has 6 nitrogen and oxygen atoms in total. The first-order valence-corrected chi connectivity index (χ1v) is 8.17. The van der Waals surface area contributed by atoms with Crippen molar-refractivity contribution in [3.8, 4) is 10.6 Å². The summed E-state index contributed by atoms with van der Waals surface area (Å²) in [5.41, 5.74) is 3.68. The van der Waals surface area contributed by atoms with E-state index < -0.39 is 0 Å². The zero-order valence-electron chi connectivity index (χ0n) is 12.8. The Kier molecular flexibility index (Phi) is 3.55. The number of carbonyl (C=O) groups is 1. The number of nitrogens with one attached hydrogen (secondary N) is 1. The Morgan fingerprint density at radius 2 is 2.00 bits per heavy atom. The van der Waals surface area contributed by atoms with Crippen molar-refractivity contribution < 1.29 is 4.79 Å². The first-order chi connectivity index (χ1) is 11.7. The topological polar surface area (TPSA) is 72.7 Å². The average molecular weight is 335 g/mol. The van der Waals surface area contributed by atoms with Crippen LogP contribution in [0.5, 0.6) is 0 Å². The van der Waals surface area contributed by atoms with E-state index in [1.165, 1.54) is 0 Å². The Hall–Kier alpha value is -3.06. The van der Waals surface area contributed by atoms with Crippen molar-refractivity contribution in [3.63, 3.8) is 0 Å². The van der Waals surface area contributed by atoms with Gasteiger partial charge in [-0.25, -0.2) is 15.0 Å². The van der Waals surface area contributed by atoms with Crippen molar-refractivity contribution in [3.05, 3.63) is 60.0 Å². The van der Waals surface area contributed by atoms with Crippen LogP contribution in [-0.2, 0) is 7.05 Å². The molecule has 24 heavy (non-hydrogen) atoms. The number of carbonyl (C=O) groups excluding carboxylic acids is 1. The molecule has 0 spiro atoms. The smallest absolute Gasteiger partial charge is 0.257 e. The summed E-state index contributed by atoms with van der Waals surface area (Å²) in [6.07, 6.45) is 5.01. The van der Waals surface area contributed by atoms with Crippen LogP contribution in [0, 0.1) is 0 Å². The summed E-state index contributed by atoms with van der Waals surface area (Å²) in [5, 5.41) is 5.76. The van der Waals surface area contributed by atoms with E-state index in [-0.39, 0.29) is 5.91 Å². The molecule has 0 aliphatic carbocycles. The van der Waals surface area contributed by atoms with E-state index in [1.54, 1.807) is 36.1 Å². The fourth-order valence-electron chi connectivity index (χ4n) is 2.41. The second-order valence-corrected chi connectivity index (χ2v) is 6.19. The number of hydrogen-bond donors (Lipinski definition) is 1. The molecule has 0 unspecified atom stereocenters. The van der Waals surface area contributed by atoms with Gasteiger partial charge in [-0.05, 0) is 30.3 Å². The molecule has 4 rings (SSSR count). The summed E-state index contributed by atoms with van der Waals surface area (Å²) in [7, 11) is 1.87. The molecule has 0 saturated carbocycles. The molecule has 7 heteroatoms. The molecule has 1 N–H and O–H groups in total. The Labute approximate surface area is 141 Å². The molecule has 1 aromatic carbocycles. The average Bonchev–Trinajstić information content (AvgIpc) is 3.26. The molecule has 118 valence electrons. The summed E-state index contributed by atoms with van der Waals surface area (Å²) >= 11 is 1.58. The number of amides is 1. The van der Waals surface area contributed by atoms with E-state index in [9.17, 15) is 4.79 Å². The molecule has 1 amide bonds. The van der Waals surface area contributed by atoms with Crippen LogP contribution in [0.2, 0.25) is 0 Å². The lowest BCUT2D eigenvalue weighted by molar-refractivity contribution is 0.102. The van der Waals surface area contributed by atoms with Gasteiger partial charge in [0, 0.05) is 36.1 Å². The molecule has 0 saturated heterocycles. The summed E-state index contributed by atoms with van der Waals surface area (Å²) in [6.45, 7) is 0. The van der Waals surface area contributed by atoms with E-state index in [4.69, 9.17) is 0 Å². The van der Waals surface area contributed by atoms with E-state index >= 15 is 0 Å². The Morgan fingerprint density at radius 1 is 1.17 bits per heavy atom. The van der Waals surface area contributed by atoms with Gasteiger partial charge in [-0.1, -0.05) is 0 Å². The molecule has 0 fully saturated rings. The van der Waals surface area contributed by atoms with Crippen LogP contribution in [0.25, 0.3) is 21.7 Å². The van der Waals surface area contributed by atoms with Crippen molar-refractivity contribution in [2.75, 3.05) is 5.32 Å². The summed E-state index contributed by atoms with van der Waals surface area (Å²) < 4.78 is 1.81. The monoisotopic (exact) mass is 335 g/mol.